The highest BCUT2D eigenvalue weighted by Gasteiger charge is 2.40. The average molecular weight is 509 g/mol. The zero-order chi connectivity index (χ0) is 26.0. The molecule has 0 fully saturated rings. The van der Waals surface area contributed by atoms with E-state index >= 15 is 0 Å². The number of likely N-dealkylation sites (N-methyl/N-ethyl adjacent to an activating group) is 1. The fraction of sp³-hybridized carbons (Fsp3) is 0.240. The summed E-state index contributed by atoms with van der Waals surface area (Å²) in [6, 6.07) is 16.6. The number of hydrogen-bond acceptors (Lipinski definition) is 3. The molecule has 0 bridgehead atoms. The van der Waals surface area contributed by atoms with E-state index in [2.05, 4.69) is 5.32 Å². The molecule has 0 aliphatic rings. The van der Waals surface area contributed by atoms with Crippen molar-refractivity contribution >= 4 is 15.9 Å². The van der Waals surface area contributed by atoms with Gasteiger partial charge in [0, 0.05) is 13.6 Å². The first kappa shape index (κ1) is 26.4. The van der Waals surface area contributed by atoms with Crippen LogP contribution in [0.25, 0.3) is 11.1 Å². The van der Waals surface area contributed by atoms with Crippen LogP contribution in [0, 0.1) is 5.82 Å². The number of rotatable bonds is 7. The Hall–Kier alpha value is -3.24. The van der Waals surface area contributed by atoms with Gasteiger partial charge in [0.25, 0.3) is 0 Å². The summed E-state index contributed by atoms with van der Waals surface area (Å²) in [7, 11) is -3.01. The van der Waals surface area contributed by atoms with Crippen LogP contribution in [0.15, 0.2) is 77.7 Å². The minimum absolute atomic E-state index is 0.160. The standard InChI is InChI=1S/C25H24F4N2O3S/c1-24(2,31(3)35(33,34)21-12-10-20(26)11-13-21)23(32)30-16-19-15-18(17-7-5-4-6-8-17)9-14-22(19)25(27,28)29/h4-15H,16H2,1-3H3,(H,30,32). The molecule has 0 radical (unpaired) electrons. The Morgan fingerprint density at radius 1 is 0.914 bits per heavy atom. The highest BCUT2D eigenvalue weighted by Crippen LogP contribution is 2.34. The van der Waals surface area contributed by atoms with Gasteiger partial charge in [-0.25, -0.2) is 12.8 Å². The molecule has 3 aromatic rings. The molecule has 0 heterocycles. The van der Waals surface area contributed by atoms with Crippen LogP contribution in [0.5, 0.6) is 0 Å². The maximum Gasteiger partial charge on any atom is 0.416 e. The molecule has 5 nitrogen and oxygen atoms in total. The summed E-state index contributed by atoms with van der Waals surface area (Å²) in [6.07, 6.45) is -4.65. The molecule has 3 aromatic carbocycles. The lowest BCUT2D eigenvalue weighted by Gasteiger charge is -2.33. The first-order chi connectivity index (χ1) is 16.2. The predicted molar refractivity (Wildman–Crippen MR) is 124 cm³/mol. The lowest BCUT2D eigenvalue weighted by molar-refractivity contribution is -0.138. The summed E-state index contributed by atoms with van der Waals surface area (Å²) in [6.45, 7) is 2.19. The lowest BCUT2D eigenvalue weighted by atomic mass is 9.98. The van der Waals surface area contributed by atoms with Crippen molar-refractivity contribution in [1.82, 2.24) is 9.62 Å². The molecule has 0 atom stereocenters. The molecule has 1 amide bonds. The maximum absolute atomic E-state index is 13.6. The van der Waals surface area contributed by atoms with Crippen LogP contribution in [-0.2, 0) is 27.5 Å². The second kappa shape index (κ2) is 9.79. The van der Waals surface area contributed by atoms with Crippen LogP contribution in [0.3, 0.4) is 0 Å². The first-order valence-electron chi connectivity index (χ1n) is 10.5. The zero-order valence-electron chi connectivity index (χ0n) is 19.2. The van der Waals surface area contributed by atoms with Crippen LogP contribution in [0.2, 0.25) is 0 Å². The number of sulfonamides is 1. The van der Waals surface area contributed by atoms with E-state index in [-0.39, 0.29) is 10.5 Å². The van der Waals surface area contributed by atoms with Gasteiger partial charge in [0.1, 0.15) is 11.4 Å². The number of hydrogen-bond donors (Lipinski definition) is 1. The summed E-state index contributed by atoms with van der Waals surface area (Å²) in [5.74, 6) is -1.43. The van der Waals surface area contributed by atoms with Crippen LogP contribution in [0.1, 0.15) is 25.0 Å². The number of amides is 1. The molecule has 0 saturated heterocycles. The molecule has 0 aliphatic heterocycles. The van der Waals surface area contributed by atoms with E-state index in [1.54, 1.807) is 30.3 Å². The van der Waals surface area contributed by atoms with Crippen molar-refractivity contribution in [2.45, 2.75) is 37.0 Å². The number of carbonyl (C=O) groups excluding carboxylic acids is 1. The van der Waals surface area contributed by atoms with E-state index < -0.39 is 45.6 Å². The van der Waals surface area contributed by atoms with Gasteiger partial charge in [0.2, 0.25) is 15.9 Å². The molecular formula is C25H24F4N2O3S. The zero-order valence-corrected chi connectivity index (χ0v) is 20.0. The Balaban J connectivity index is 1.86. The Labute approximate surface area is 201 Å². The quantitative estimate of drug-likeness (QED) is 0.445. The van der Waals surface area contributed by atoms with Gasteiger partial charge in [-0.2, -0.15) is 17.5 Å². The van der Waals surface area contributed by atoms with Gasteiger partial charge in [-0.1, -0.05) is 36.4 Å². The second-order valence-corrected chi connectivity index (χ2v) is 10.4. The third-order valence-electron chi connectivity index (χ3n) is 5.77. The Kier molecular flexibility index (Phi) is 7.37. The molecule has 10 heteroatoms. The summed E-state index contributed by atoms with van der Waals surface area (Å²) in [5, 5.41) is 2.44. The smallest absolute Gasteiger partial charge is 0.350 e. The highest BCUT2D eigenvalue weighted by molar-refractivity contribution is 7.89. The van der Waals surface area contributed by atoms with Crippen molar-refractivity contribution in [3.8, 4) is 11.1 Å². The largest absolute Gasteiger partial charge is 0.416 e. The number of alkyl halides is 3. The van der Waals surface area contributed by atoms with Gasteiger partial charge in [0.15, 0.2) is 0 Å². The number of carbonyl (C=O) groups is 1. The molecule has 0 aromatic heterocycles. The molecule has 0 aliphatic carbocycles. The molecule has 35 heavy (non-hydrogen) atoms. The predicted octanol–water partition coefficient (Wildman–Crippen LogP) is 5.23. The van der Waals surface area contributed by atoms with E-state index in [1.165, 1.54) is 33.0 Å². The van der Waals surface area contributed by atoms with Gasteiger partial charge in [0.05, 0.1) is 10.5 Å². The molecule has 186 valence electrons. The summed E-state index contributed by atoms with van der Waals surface area (Å²) in [5.41, 5.74) is -1.48. The number of nitrogens with one attached hydrogen (secondary N) is 1. The van der Waals surface area contributed by atoms with E-state index in [9.17, 15) is 30.8 Å². The van der Waals surface area contributed by atoms with Crippen molar-refractivity contribution in [2.24, 2.45) is 0 Å². The summed E-state index contributed by atoms with van der Waals surface area (Å²) < 4.78 is 80.7. The van der Waals surface area contributed by atoms with Crippen molar-refractivity contribution in [3.05, 3.63) is 89.7 Å². The Bertz CT molecular complexity index is 1310. The lowest BCUT2D eigenvalue weighted by Crippen LogP contribution is -2.55. The minimum Gasteiger partial charge on any atom is -0.350 e. The molecule has 1 N–H and O–H groups in total. The van der Waals surface area contributed by atoms with E-state index in [1.807, 2.05) is 0 Å². The fourth-order valence-corrected chi connectivity index (χ4v) is 4.91. The van der Waals surface area contributed by atoms with E-state index in [0.717, 1.165) is 34.6 Å². The normalized spacial score (nSPS) is 12.6. The minimum atomic E-state index is -4.65. The van der Waals surface area contributed by atoms with Gasteiger partial charge < -0.3 is 5.32 Å². The molecule has 0 unspecified atom stereocenters. The molecular weight excluding hydrogens is 484 g/mol. The third-order valence-corrected chi connectivity index (χ3v) is 7.82. The topological polar surface area (TPSA) is 66.5 Å². The van der Waals surface area contributed by atoms with Gasteiger partial charge in [-0.05, 0) is 66.9 Å². The molecule has 0 saturated carbocycles. The first-order valence-corrected chi connectivity index (χ1v) is 12.0. The monoisotopic (exact) mass is 508 g/mol. The summed E-state index contributed by atoms with van der Waals surface area (Å²) in [4.78, 5) is 12.7. The summed E-state index contributed by atoms with van der Waals surface area (Å²) >= 11 is 0. The van der Waals surface area contributed by atoms with Gasteiger partial charge >= 0.3 is 6.18 Å². The van der Waals surface area contributed by atoms with Crippen LogP contribution in [-0.4, -0.2) is 31.2 Å². The van der Waals surface area contributed by atoms with Gasteiger partial charge in [-0.3, -0.25) is 4.79 Å². The van der Waals surface area contributed by atoms with Crippen molar-refractivity contribution in [3.63, 3.8) is 0 Å². The third kappa shape index (κ3) is 5.71. The van der Waals surface area contributed by atoms with Gasteiger partial charge in [-0.15, -0.1) is 0 Å². The average Bonchev–Trinajstić information content (AvgIpc) is 2.82. The van der Waals surface area contributed by atoms with Crippen molar-refractivity contribution in [1.29, 1.82) is 0 Å². The van der Waals surface area contributed by atoms with Crippen LogP contribution in [0.4, 0.5) is 17.6 Å². The number of halogens is 4. The Morgan fingerprint density at radius 2 is 1.51 bits per heavy atom. The van der Waals surface area contributed by atoms with Crippen LogP contribution >= 0.6 is 0 Å². The SMILES string of the molecule is CN(C(C)(C)C(=O)NCc1cc(-c2ccccc2)ccc1C(F)(F)F)S(=O)(=O)c1ccc(F)cc1. The Morgan fingerprint density at radius 3 is 2.09 bits per heavy atom. The van der Waals surface area contributed by atoms with Crippen molar-refractivity contribution in [2.75, 3.05) is 7.05 Å². The number of benzene rings is 3. The number of nitrogens with zero attached hydrogens (tertiary/aromatic N) is 1. The maximum atomic E-state index is 13.6. The second-order valence-electron chi connectivity index (χ2n) is 8.40. The molecule has 0 spiro atoms. The van der Waals surface area contributed by atoms with E-state index in [0.29, 0.717) is 11.1 Å². The van der Waals surface area contributed by atoms with Crippen LogP contribution < -0.4 is 5.32 Å². The van der Waals surface area contributed by atoms with E-state index in [4.69, 9.17) is 0 Å². The molecule has 3 rings (SSSR count). The fourth-order valence-electron chi connectivity index (χ4n) is 3.43. The van der Waals surface area contributed by atoms with Crippen molar-refractivity contribution < 1.29 is 30.8 Å². The highest BCUT2D eigenvalue weighted by atomic mass is 32.2.